The Hall–Kier alpha value is -2.92. The van der Waals surface area contributed by atoms with Crippen molar-refractivity contribution in [2.45, 2.75) is 48.5 Å². The number of fused-ring (bicyclic) bond motifs is 1. The number of hydrogen-bond acceptors (Lipinski definition) is 10. The zero-order chi connectivity index (χ0) is 30.1. The van der Waals surface area contributed by atoms with E-state index in [4.69, 9.17) is 0 Å². The number of anilines is 1. The van der Waals surface area contributed by atoms with Gasteiger partial charge in [0.05, 0.1) is 16.8 Å². The number of halogens is 4. The Morgan fingerprint density at radius 2 is 1.76 bits per heavy atom. The Kier molecular flexibility index (Phi) is 7.09. The van der Waals surface area contributed by atoms with Crippen molar-refractivity contribution in [2.75, 3.05) is 31.1 Å². The molecule has 0 radical (unpaired) electrons. The first-order valence-corrected chi connectivity index (χ1v) is 16.1. The molecule has 19 heteroatoms. The first kappa shape index (κ1) is 29.6. The maximum Gasteiger partial charge on any atom is 0.445 e. The minimum atomic E-state index is -4.78. The van der Waals surface area contributed by atoms with E-state index in [-0.39, 0.29) is 77.6 Å². The van der Waals surface area contributed by atoms with Gasteiger partial charge in [-0.25, -0.2) is 21.2 Å². The Bertz CT molecular complexity index is 1780. The van der Waals surface area contributed by atoms with Crippen molar-refractivity contribution in [3.8, 4) is 16.8 Å². The molecule has 2 aromatic heterocycles. The molecule has 222 valence electrons. The molecule has 0 unspecified atom stereocenters. The van der Waals surface area contributed by atoms with Crippen LogP contribution in [-0.4, -0.2) is 78.1 Å². The number of nitrogens with one attached hydrogen (secondary N) is 1. The molecule has 1 aliphatic carbocycles. The third kappa shape index (κ3) is 5.16. The van der Waals surface area contributed by atoms with E-state index in [1.165, 1.54) is 34.8 Å². The number of piperazine rings is 1. The molecule has 0 spiro atoms. The van der Waals surface area contributed by atoms with Gasteiger partial charge in [0.2, 0.25) is 25.1 Å². The molecule has 41 heavy (non-hydrogen) atoms. The zero-order valence-electron chi connectivity index (χ0n) is 21.9. The fourth-order valence-electron chi connectivity index (χ4n) is 4.59. The van der Waals surface area contributed by atoms with Crippen LogP contribution in [0.4, 0.5) is 23.2 Å². The van der Waals surface area contributed by atoms with Crippen LogP contribution in [-0.2, 0) is 33.3 Å². The molecule has 1 aliphatic heterocycles. The van der Waals surface area contributed by atoms with Crippen LogP contribution in [0.3, 0.4) is 0 Å². The van der Waals surface area contributed by atoms with Crippen LogP contribution in [0.5, 0.6) is 0 Å². The molecule has 1 aromatic carbocycles. The lowest BCUT2D eigenvalue weighted by Crippen LogP contribution is -2.50. The molecule has 3 aromatic rings. The first-order valence-electron chi connectivity index (χ1n) is 12.3. The van der Waals surface area contributed by atoms with Gasteiger partial charge in [-0.3, -0.25) is 4.68 Å². The Morgan fingerprint density at radius 1 is 1.12 bits per heavy atom. The average Bonchev–Trinajstić information content (AvgIpc) is 3.31. The van der Waals surface area contributed by atoms with E-state index in [0.29, 0.717) is 0 Å². The average molecular weight is 637 g/mol. The van der Waals surface area contributed by atoms with E-state index < -0.39 is 52.7 Å². The van der Waals surface area contributed by atoms with Crippen molar-refractivity contribution in [1.29, 1.82) is 5.26 Å². The van der Waals surface area contributed by atoms with Gasteiger partial charge in [0.25, 0.3) is 0 Å². The smallest absolute Gasteiger partial charge is 0.365 e. The van der Waals surface area contributed by atoms with Crippen LogP contribution in [0.1, 0.15) is 31.7 Å². The monoisotopic (exact) mass is 636 g/mol. The molecule has 5 rings (SSSR count). The number of benzene rings is 1. The zero-order valence-corrected chi connectivity index (χ0v) is 24.3. The number of aryl methyl sites for hydroxylation is 1. The molecule has 2 aliphatic rings. The molecular formula is C22H24F4N8O4S3. The molecule has 1 saturated carbocycles. The van der Waals surface area contributed by atoms with Gasteiger partial charge in [-0.15, -0.1) is 10.2 Å². The van der Waals surface area contributed by atoms with E-state index in [0.717, 1.165) is 6.07 Å². The van der Waals surface area contributed by atoms with Gasteiger partial charge in [0.15, 0.2) is 10.8 Å². The van der Waals surface area contributed by atoms with Crippen molar-refractivity contribution in [3.05, 3.63) is 16.9 Å². The number of nitrogens with zero attached hydrogens (tertiary/aromatic N) is 7. The second kappa shape index (κ2) is 9.83. The highest BCUT2D eigenvalue weighted by atomic mass is 32.2. The van der Waals surface area contributed by atoms with Crippen LogP contribution in [0.2, 0.25) is 0 Å². The molecular weight excluding hydrogens is 612 g/mol. The lowest BCUT2D eigenvalue weighted by Gasteiger charge is -2.36. The van der Waals surface area contributed by atoms with E-state index in [1.54, 1.807) is 0 Å². The summed E-state index contributed by atoms with van der Waals surface area (Å²) in [6, 6.07) is 2.83. The van der Waals surface area contributed by atoms with E-state index in [2.05, 4.69) is 20.0 Å². The number of nitriles is 1. The van der Waals surface area contributed by atoms with Crippen LogP contribution >= 0.6 is 11.3 Å². The number of aromatic nitrogens is 4. The van der Waals surface area contributed by atoms with Crippen molar-refractivity contribution in [3.63, 3.8) is 0 Å². The van der Waals surface area contributed by atoms with Gasteiger partial charge in [-0.1, -0.05) is 11.3 Å². The van der Waals surface area contributed by atoms with Crippen LogP contribution in [0.15, 0.2) is 11.0 Å². The standard InChI is InChI=1S/C22H24F4N8O4S3/c1-12(2)41(37,38)34-8-6-33(7-9-34)18-15(23)14(40(35,36)31-21(11-27)4-5-21)10-13-16(30-32(3)17(13)18)19-28-29-20(39-19)22(24,25)26/h10,12,31H,4-9H2,1-3H3. The minimum Gasteiger partial charge on any atom is -0.365 e. The topological polar surface area (TPSA) is 154 Å². The largest absolute Gasteiger partial charge is 0.445 e. The van der Waals surface area contributed by atoms with Gasteiger partial charge >= 0.3 is 6.18 Å². The maximum atomic E-state index is 16.3. The fraction of sp³-hybridized carbons (Fsp3) is 0.545. The van der Waals surface area contributed by atoms with Crippen molar-refractivity contribution < 1.29 is 34.4 Å². The highest BCUT2D eigenvalue weighted by Gasteiger charge is 2.48. The SMILES string of the molecule is CC(C)S(=O)(=O)N1CCN(c2c(F)c(S(=O)(=O)NC3(C#N)CC3)cc3c(-c4nnc(C(F)(F)F)s4)nn(C)c23)CC1. The van der Waals surface area contributed by atoms with Crippen LogP contribution < -0.4 is 9.62 Å². The summed E-state index contributed by atoms with van der Waals surface area (Å²) in [7, 11) is -6.82. The number of hydrogen-bond donors (Lipinski definition) is 1. The third-order valence-corrected chi connectivity index (χ3v) is 11.8. The predicted molar refractivity (Wildman–Crippen MR) is 140 cm³/mol. The Morgan fingerprint density at radius 3 is 2.27 bits per heavy atom. The fourth-order valence-corrected chi connectivity index (χ4v) is 8.04. The first-order chi connectivity index (χ1) is 19.0. The normalized spacial score (nSPS) is 18.3. The molecule has 12 nitrogen and oxygen atoms in total. The van der Waals surface area contributed by atoms with E-state index >= 15 is 4.39 Å². The highest BCUT2D eigenvalue weighted by Crippen LogP contribution is 2.43. The molecule has 2 fully saturated rings. The van der Waals surface area contributed by atoms with Crippen LogP contribution in [0, 0.1) is 17.1 Å². The predicted octanol–water partition coefficient (Wildman–Crippen LogP) is 2.44. The van der Waals surface area contributed by atoms with Crippen molar-refractivity contribution in [1.82, 2.24) is 29.0 Å². The summed E-state index contributed by atoms with van der Waals surface area (Å²) in [5.74, 6) is -1.17. The lowest BCUT2D eigenvalue weighted by molar-refractivity contribution is -0.138. The highest BCUT2D eigenvalue weighted by molar-refractivity contribution is 7.90. The Balaban J connectivity index is 1.67. The third-order valence-electron chi connectivity index (χ3n) is 6.97. The van der Waals surface area contributed by atoms with E-state index in [9.17, 15) is 35.3 Å². The lowest BCUT2D eigenvalue weighted by atomic mass is 10.1. The van der Waals surface area contributed by atoms with Crippen molar-refractivity contribution >= 4 is 48.0 Å². The molecule has 0 amide bonds. The summed E-state index contributed by atoms with van der Waals surface area (Å²) in [6.07, 6.45) is -4.31. The maximum absolute atomic E-state index is 16.3. The molecule has 0 bridgehead atoms. The van der Waals surface area contributed by atoms with Gasteiger partial charge in [0, 0.05) is 38.6 Å². The second-order valence-electron chi connectivity index (χ2n) is 10.1. The summed E-state index contributed by atoms with van der Waals surface area (Å²) in [5.41, 5.74) is -1.67. The van der Waals surface area contributed by atoms with Crippen molar-refractivity contribution in [2.24, 2.45) is 7.05 Å². The summed E-state index contributed by atoms with van der Waals surface area (Å²) >= 11 is 0.197. The number of sulfonamides is 2. The summed E-state index contributed by atoms with van der Waals surface area (Å²) in [6.45, 7) is 3.04. The molecule has 0 atom stereocenters. The number of rotatable bonds is 7. The number of alkyl halides is 3. The molecule has 1 N–H and O–H groups in total. The molecule has 1 saturated heterocycles. The van der Waals surface area contributed by atoms with Gasteiger partial charge in [-0.2, -0.15) is 32.6 Å². The van der Waals surface area contributed by atoms with E-state index in [1.807, 2.05) is 6.07 Å². The molecule has 3 heterocycles. The second-order valence-corrected chi connectivity index (χ2v) is 15.2. The quantitative estimate of drug-likeness (QED) is 0.385. The summed E-state index contributed by atoms with van der Waals surface area (Å²) in [5, 5.41) is 18.2. The summed E-state index contributed by atoms with van der Waals surface area (Å²) < 4.78 is 113. The summed E-state index contributed by atoms with van der Waals surface area (Å²) in [4.78, 5) is 0.654. The van der Waals surface area contributed by atoms with Gasteiger partial charge in [0.1, 0.15) is 21.8 Å². The Labute approximate surface area is 236 Å². The van der Waals surface area contributed by atoms with Gasteiger partial charge < -0.3 is 4.90 Å². The van der Waals surface area contributed by atoms with Crippen LogP contribution in [0.25, 0.3) is 21.6 Å². The minimum absolute atomic E-state index is 0.00538. The van der Waals surface area contributed by atoms with Gasteiger partial charge in [-0.05, 0) is 32.8 Å².